The van der Waals surface area contributed by atoms with Gasteiger partial charge < -0.3 is 4.57 Å². The van der Waals surface area contributed by atoms with Crippen LogP contribution in [0.25, 0.3) is 17.0 Å². The number of carbonyl (C=O) groups is 1. The molecule has 1 aliphatic heterocycles. The second kappa shape index (κ2) is 6.91. The molecule has 0 radical (unpaired) electrons. The third-order valence-electron chi connectivity index (χ3n) is 4.39. The predicted octanol–water partition coefficient (Wildman–Crippen LogP) is 5.17. The number of nitrogens with zero attached hydrogens (tertiary/aromatic N) is 2. The molecule has 0 N–H and O–H groups in total. The Bertz CT molecular complexity index is 1070. The first-order valence-electron chi connectivity index (χ1n) is 8.07. The highest BCUT2D eigenvalue weighted by molar-refractivity contribution is 8.26. The van der Waals surface area contributed by atoms with Crippen molar-refractivity contribution in [2.75, 3.05) is 7.05 Å². The summed E-state index contributed by atoms with van der Waals surface area (Å²) in [5.41, 5.74) is 3.16. The van der Waals surface area contributed by atoms with E-state index in [2.05, 4.69) is 22.9 Å². The topological polar surface area (TPSA) is 25.2 Å². The molecule has 1 aliphatic rings. The number of carbonyl (C=O) groups excluding carboxylic acids is 1. The second-order valence-corrected chi connectivity index (χ2v) is 8.14. The Morgan fingerprint density at radius 1 is 1.15 bits per heavy atom. The van der Waals surface area contributed by atoms with E-state index in [0.717, 1.165) is 27.1 Å². The number of hydrogen-bond donors (Lipinski definition) is 0. The van der Waals surface area contributed by atoms with Crippen molar-refractivity contribution in [3.63, 3.8) is 0 Å². The zero-order valence-corrected chi connectivity index (χ0v) is 16.4. The maximum Gasteiger partial charge on any atom is 0.265 e. The van der Waals surface area contributed by atoms with Gasteiger partial charge in [0.2, 0.25) is 0 Å². The summed E-state index contributed by atoms with van der Waals surface area (Å²) in [5.74, 6) is -0.0528. The lowest BCUT2D eigenvalue weighted by molar-refractivity contribution is -0.121. The lowest BCUT2D eigenvalue weighted by Gasteiger charge is -2.07. The fourth-order valence-electron chi connectivity index (χ4n) is 3.02. The van der Waals surface area contributed by atoms with Crippen LogP contribution in [-0.4, -0.2) is 26.7 Å². The molecule has 3 nitrogen and oxygen atoms in total. The molecule has 1 aromatic heterocycles. The van der Waals surface area contributed by atoms with Crippen molar-refractivity contribution in [2.45, 2.75) is 6.54 Å². The van der Waals surface area contributed by atoms with Gasteiger partial charge in [-0.05, 0) is 23.8 Å². The summed E-state index contributed by atoms with van der Waals surface area (Å²) in [4.78, 5) is 14.5. The highest BCUT2D eigenvalue weighted by atomic mass is 35.5. The zero-order chi connectivity index (χ0) is 18.3. The lowest BCUT2D eigenvalue weighted by atomic mass is 10.1. The number of rotatable bonds is 3. The van der Waals surface area contributed by atoms with Crippen LogP contribution in [0.4, 0.5) is 0 Å². The highest BCUT2D eigenvalue weighted by Gasteiger charge is 2.29. The van der Waals surface area contributed by atoms with Crippen LogP contribution in [0.1, 0.15) is 11.1 Å². The van der Waals surface area contributed by atoms with E-state index in [1.54, 1.807) is 7.05 Å². The van der Waals surface area contributed by atoms with E-state index in [4.69, 9.17) is 23.8 Å². The fraction of sp³-hybridized carbons (Fsp3) is 0.100. The van der Waals surface area contributed by atoms with E-state index in [-0.39, 0.29) is 5.91 Å². The molecule has 0 aliphatic carbocycles. The normalized spacial score (nSPS) is 16.2. The molecular weight excluding hydrogens is 384 g/mol. The molecule has 1 fully saturated rings. The number of hydrogen-bond acceptors (Lipinski definition) is 3. The molecule has 0 spiro atoms. The largest absolute Gasteiger partial charge is 0.342 e. The van der Waals surface area contributed by atoms with Crippen LogP contribution in [0.3, 0.4) is 0 Å². The summed E-state index contributed by atoms with van der Waals surface area (Å²) < 4.78 is 2.75. The Morgan fingerprint density at radius 2 is 1.88 bits per heavy atom. The van der Waals surface area contributed by atoms with Gasteiger partial charge in [0.05, 0.1) is 4.91 Å². The molecule has 0 bridgehead atoms. The van der Waals surface area contributed by atoms with Crippen LogP contribution >= 0.6 is 35.6 Å². The predicted molar refractivity (Wildman–Crippen MR) is 113 cm³/mol. The molecule has 2 heterocycles. The molecular formula is C20H15ClN2OS2. The maximum atomic E-state index is 12.3. The summed E-state index contributed by atoms with van der Waals surface area (Å²) in [7, 11) is 1.71. The minimum absolute atomic E-state index is 0.0528. The number of fused-ring (bicyclic) bond motifs is 1. The molecule has 2 aromatic carbocycles. The molecule has 0 saturated carbocycles. The average molecular weight is 399 g/mol. The second-order valence-electron chi connectivity index (χ2n) is 6.06. The van der Waals surface area contributed by atoms with E-state index in [0.29, 0.717) is 15.8 Å². The number of aromatic nitrogens is 1. The number of benzene rings is 2. The summed E-state index contributed by atoms with van der Waals surface area (Å²) in [5, 5.41) is 1.85. The number of likely N-dealkylation sites (N-methyl/N-ethyl adjacent to an activating group) is 1. The summed E-state index contributed by atoms with van der Waals surface area (Å²) in [6.07, 6.45) is 3.99. The molecule has 4 rings (SSSR count). The number of thioether (sulfide) groups is 1. The van der Waals surface area contributed by atoms with Crippen LogP contribution in [0, 0.1) is 0 Å². The Hall–Kier alpha value is -2.08. The van der Waals surface area contributed by atoms with Gasteiger partial charge in [0.1, 0.15) is 4.32 Å². The zero-order valence-electron chi connectivity index (χ0n) is 14.0. The maximum absolute atomic E-state index is 12.3. The number of thiocarbonyl (C=S) groups is 1. The van der Waals surface area contributed by atoms with Gasteiger partial charge in [-0.1, -0.05) is 72.0 Å². The minimum atomic E-state index is -0.0528. The molecule has 3 aromatic rings. The number of amides is 1. The van der Waals surface area contributed by atoms with Gasteiger partial charge >= 0.3 is 0 Å². The summed E-state index contributed by atoms with van der Waals surface area (Å²) >= 11 is 12.9. The Labute approximate surface area is 166 Å². The van der Waals surface area contributed by atoms with Gasteiger partial charge in [0.15, 0.2) is 0 Å². The first kappa shape index (κ1) is 17.3. The fourth-order valence-corrected chi connectivity index (χ4v) is 4.38. The number of para-hydroxylation sites is 1. The monoisotopic (exact) mass is 398 g/mol. The molecule has 6 heteroatoms. The van der Waals surface area contributed by atoms with Crippen LogP contribution in [-0.2, 0) is 11.3 Å². The van der Waals surface area contributed by atoms with Gasteiger partial charge in [-0.15, -0.1) is 0 Å². The van der Waals surface area contributed by atoms with E-state index in [9.17, 15) is 4.79 Å². The molecule has 1 amide bonds. The van der Waals surface area contributed by atoms with Crippen LogP contribution in [0.5, 0.6) is 0 Å². The minimum Gasteiger partial charge on any atom is -0.342 e. The van der Waals surface area contributed by atoms with E-state index >= 15 is 0 Å². The average Bonchev–Trinajstić information content (AvgIpc) is 3.10. The van der Waals surface area contributed by atoms with Crippen molar-refractivity contribution in [1.82, 2.24) is 9.47 Å². The summed E-state index contributed by atoms with van der Waals surface area (Å²) in [6, 6.07) is 16.0. The van der Waals surface area contributed by atoms with Gasteiger partial charge in [0, 0.05) is 41.3 Å². The molecule has 130 valence electrons. The van der Waals surface area contributed by atoms with Crippen molar-refractivity contribution in [1.29, 1.82) is 0 Å². The van der Waals surface area contributed by atoms with Crippen LogP contribution < -0.4 is 0 Å². The quantitative estimate of drug-likeness (QED) is 0.449. The van der Waals surface area contributed by atoms with Crippen LogP contribution in [0.15, 0.2) is 59.6 Å². The highest BCUT2D eigenvalue weighted by Crippen LogP contribution is 2.33. The van der Waals surface area contributed by atoms with Crippen molar-refractivity contribution in [3.8, 4) is 0 Å². The third-order valence-corrected chi connectivity index (χ3v) is 6.24. The molecule has 26 heavy (non-hydrogen) atoms. The molecule has 1 saturated heterocycles. The first-order valence-corrected chi connectivity index (χ1v) is 9.67. The van der Waals surface area contributed by atoms with Gasteiger partial charge in [-0.25, -0.2) is 0 Å². The van der Waals surface area contributed by atoms with Crippen molar-refractivity contribution >= 4 is 62.8 Å². The summed E-state index contributed by atoms with van der Waals surface area (Å²) in [6.45, 7) is 0.669. The van der Waals surface area contributed by atoms with Crippen LogP contribution in [0.2, 0.25) is 5.02 Å². The van der Waals surface area contributed by atoms with Gasteiger partial charge in [-0.3, -0.25) is 9.69 Å². The lowest BCUT2D eigenvalue weighted by Crippen LogP contribution is -2.22. The molecule has 0 atom stereocenters. The van der Waals surface area contributed by atoms with Crippen molar-refractivity contribution in [2.24, 2.45) is 0 Å². The van der Waals surface area contributed by atoms with E-state index in [1.807, 2.05) is 42.5 Å². The number of halogens is 1. The van der Waals surface area contributed by atoms with Gasteiger partial charge in [-0.2, -0.15) is 0 Å². The SMILES string of the molecule is CN1C(=O)/C(=C/c2cn(Cc3ccccc3Cl)c3ccccc23)SC1=S. The molecule has 0 unspecified atom stereocenters. The smallest absolute Gasteiger partial charge is 0.265 e. The Balaban J connectivity index is 1.79. The third kappa shape index (κ3) is 3.07. The van der Waals surface area contributed by atoms with E-state index in [1.165, 1.54) is 16.7 Å². The van der Waals surface area contributed by atoms with Crippen molar-refractivity contribution < 1.29 is 4.79 Å². The van der Waals surface area contributed by atoms with E-state index < -0.39 is 0 Å². The Morgan fingerprint density at radius 3 is 2.62 bits per heavy atom. The standard InChI is InChI=1S/C20H15ClN2OS2/c1-22-19(24)18(26-20(22)25)10-14-12-23(17-9-5-3-7-15(14)17)11-13-6-2-4-8-16(13)21/h2-10,12H,11H2,1H3/b18-10-. The Kier molecular flexibility index (Phi) is 4.61. The first-order chi connectivity index (χ1) is 12.5. The van der Waals surface area contributed by atoms with Crippen molar-refractivity contribution in [3.05, 3.63) is 75.8 Å². The van der Waals surface area contributed by atoms with Gasteiger partial charge in [0.25, 0.3) is 5.91 Å².